The number of anilines is 2. The van der Waals surface area contributed by atoms with Crippen LogP contribution in [0.2, 0.25) is 0 Å². The van der Waals surface area contributed by atoms with Gasteiger partial charge in [-0.05, 0) is 37.3 Å². The van der Waals surface area contributed by atoms with Gasteiger partial charge in [0, 0.05) is 29.5 Å². The third kappa shape index (κ3) is 6.69. The lowest BCUT2D eigenvalue weighted by Crippen LogP contribution is -2.37. The van der Waals surface area contributed by atoms with Crippen LogP contribution in [0.1, 0.15) is 52.4 Å². The van der Waals surface area contributed by atoms with Crippen molar-refractivity contribution >= 4 is 39.7 Å². The lowest BCUT2D eigenvalue weighted by molar-refractivity contribution is -0.148. The van der Waals surface area contributed by atoms with Crippen LogP contribution in [0.4, 0.5) is 11.4 Å². The van der Waals surface area contributed by atoms with Crippen molar-refractivity contribution in [2.45, 2.75) is 68.3 Å². The van der Waals surface area contributed by atoms with E-state index < -0.39 is 29.3 Å². The first-order valence-corrected chi connectivity index (χ1v) is 15.4. The lowest BCUT2D eigenvalue weighted by atomic mass is 9.79. The third-order valence-corrected chi connectivity index (χ3v) is 9.57. The van der Waals surface area contributed by atoms with Gasteiger partial charge in [-0.25, -0.2) is 4.79 Å². The van der Waals surface area contributed by atoms with Crippen molar-refractivity contribution in [2.75, 3.05) is 30.1 Å². The first-order chi connectivity index (χ1) is 17.2. The Bertz CT molecular complexity index is 1010. The molecule has 0 bridgehead atoms. The third-order valence-electron chi connectivity index (χ3n) is 6.76. The van der Waals surface area contributed by atoms with Gasteiger partial charge in [0.05, 0.1) is 15.5 Å². The summed E-state index contributed by atoms with van der Waals surface area (Å²) >= 11 is 1.43. The second kappa shape index (κ2) is 12.6. The van der Waals surface area contributed by atoms with Crippen LogP contribution in [-0.2, 0) is 4.79 Å². The first kappa shape index (κ1) is 28.7. The Hall–Kier alpha value is -1.91. The number of rotatable bonds is 12. The standard InChI is InChI=1S/C27H39NO6S2/c1-4-6-13-27(14-7-5-2)18-28(20-11-9-8-10-12-20)21-15-24(35-3)23(34-17-22(29)26(30)31)16-25(21)36(32,33)19-27/h8-12,15-16,22,29,32-33H,4-7,13-14,17-19H2,1-3H3,(H,30,31). The van der Waals surface area contributed by atoms with Crippen LogP contribution in [0.25, 0.3) is 0 Å². The second-order valence-corrected chi connectivity index (χ2v) is 12.5. The minimum absolute atomic E-state index is 0.270. The molecule has 0 radical (unpaired) electrons. The highest BCUT2D eigenvalue weighted by molar-refractivity contribution is 8.24. The number of thioether (sulfide) groups is 1. The second-order valence-electron chi connectivity index (χ2n) is 9.58. The number of nitrogens with zero attached hydrogens (tertiary/aromatic N) is 1. The lowest BCUT2D eigenvalue weighted by Gasteiger charge is -2.42. The Morgan fingerprint density at radius 2 is 1.78 bits per heavy atom. The molecule has 1 unspecified atom stereocenters. The Morgan fingerprint density at radius 3 is 2.33 bits per heavy atom. The van der Waals surface area contributed by atoms with Gasteiger partial charge in [0.2, 0.25) is 0 Å². The topological polar surface area (TPSA) is 110 Å². The Kier molecular flexibility index (Phi) is 10.00. The SMILES string of the molecule is CCCCC1(CCCC)CN(c2ccccc2)c2cc(SC)c(OCC(O)C(=O)O)cc2S(O)(O)C1. The molecule has 0 fully saturated rings. The van der Waals surface area contributed by atoms with Crippen molar-refractivity contribution in [1.82, 2.24) is 0 Å². The van der Waals surface area contributed by atoms with E-state index in [1.54, 1.807) is 6.07 Å². The predicted molar refractivity (Wildman–Crippen MR) is 148 cm³/mol. The molecular formula is C27H39NO6S2. The highest BCUT2D eigenvalue weighted by Crippen LogP contribution is 2.62. The van der Waals surface area contributed by atoms with E-state index in [2.05, 4.69) is 18.7 Å². The van der Waals surface area contributed by atoms with Crippen molar-refractivity contribution in [2.24, 2.45) is 5.41 Å². The molecule has 9 heteroatoms. The molecule has 7 nitrogen and oxygen atoms in total. The van der Waals surface area contributed by atoms with Gasteiger partial charge in [-0.3, -0.25) is 9.11 Å². The van der Waals surface area contributed by atoms with E-state index in [1.807, 2.05) is 42.7 Å². The molecule has 0 saturated heterocycles. The van der Waals surface area contributed by atoms with E-state index in [-0.39, 0.29) is 11.2 Å². The molecule has 1 aliphatic rings. The summed E-state index contributed by atoms with van der Waals surface area (Å²) in [6, 6.07) is 13.6. The maximum absolute atomic E-state index is 11.7. The summed E-state index contributed by atoms with van der Waals surface area (Å²) in [6.45, 7) is 4.56. The summed E-state index contributed by atoms with van der Waals surface area (Å²) in [4.78, 5) is 14.4. The summed E-state index contributed by atoms with van der Waals surface area (Å²) in [5.41, 5.74) is 1.43. The van der Waals surface area contributed by atoms with Crippen molar-refractivity contribution in [1.29, 1.82) is 0 Å². The number of aliphatic hydroxyl groups excluding tert-OH is 1. The van der Waals surface area contributed by atoms with Crippen LogP contribution in [-0.4, -0.2) is 56.6 Å². The average Bonchev–Trinajstić information content (AvgIpc) is 2.96. The van der Waals surface area contributed by atoms with Crippen molar-refractivity contribution in [3.63, 3.8) is 0 Å². The number of benzene rings is 2. The monoisotopic (exact) mass is 537 g/mol. The molecule has 0 aliphatic carbocycles. The molecule has 2 aromatic carbocycles. The minimum atomic E-state index is -3.20. The fourth-order valence-electron chi connectivity index (χ4n) is 4.86. The maximum atomic E-state index is 11.7. The van der Waals surface area contributed by atoms with Gasteiger partial charge in [-0.15, -0.1) is 11.8 Å². The number of para-hydroxylation sites is 1. The van der Waals surface area contributed by atoms with Crippen molar-refractivity contribution in [3.8, 4) is 5.75 Å². The molecule has 36 heavy (non-hydrogen) atoms. The van der Waals surface area contributed by atoms with Crippen LogP contribution < -0.4 is 9.64 Å². The number of hydrogen-bond donors (Lipinski definition) is 4. The van der Waals surface area contributed by atoms with E-state index in [9.17, 15) is 19.0 Å². The molecule has 0 spiro atoms. The summed E-state index contributed by atoms with van der Waals surface area (Å²) in [6.07, 6.45) is 6.11. The highest BCUT2D eigenvalue weighted by atomic mass is 32.3. The number of fused-ring (bicyclic) bond motifs is 1. The fraction of sp³-hybridized carbons (Fsp3) is 0.519. The number of unbranched alkanes of at least 4 members (excludes halogenated alkanes) is 2. The van der Waals surface area contributed by atoms with Gasteiger partial charge in [0.25, 0.3) is 0 Å². The zero-order valence-corrected chi connectivity index (χ0v) is 23.0. The summed E-state index contributed by atoms with van der Waals surface area (Å²) < 4.78 is 29.0. The van der Waals surface area contributed by atoms with E-state index in [0.29, 0.717) is 17.2 Å². The molecule has 4 N–H and O–H groups in total. The molecule has 0 saturated carbocycles. The molecule has 0 amide bonds. The first-order valence-electron chi connectivity index (χ1n) is 12.5. The van der Waals surface area contributed by atoms with E-state index in [1.165, 1.54) is 11.8 Å². The van der Waals surface area contributed by atoms with Crippen LogP contribution in [0, 0.1) is 5.41 Å². The largest absolute Gasteiger partial charge is 0.489 e. The molecule has 3 rings (SSSR count). The molecule has 2 aromatic rings. The van der Waals surface area contributed by atoms with Gasteiger partial charge in [-0.2, -0.15) is 10.6 Å². The van der Waals surface area contributed by atoms with Gasteiger partial charge in [0.1, 0.15) is 12.4 Å². The molecule has 1 heterocycles. The van der Waals surface area contributed by atoms with Gasteiger partial charge in [0.15, 0.2) is 6.10 Å². The van der Waals surface area contributed by atoms with Crippen LogP contribution in [0.15, 0.2) is 52.3 Å². The molecule has 0 aromatic heterocycles. The number of aliphatic carboxylic acids is 1. The Balaban J connectivity index is 2.17. The number of ether oxygens (including phenoxy) is 1. The van der Waals surface area contributed by atoms with Crippen molar-refractivity contribution in [3.05, 3.63) is 42.5 Å². The quantitative estimate of drug-likeness (QED) is 0.217. The van der Waals surface area contributed by atoms with Gasteiger partial charge in [-0.1, -0.05) is 57.7 Å². The fourth-order valence-corrected chi connectivity index (χ4v) is 7.59. The molecular weight excluding hydrogens is 498 g/mol. The normalized spacial score (nSPS) is 18.1. The van der Waals surface area contributed by atoms with Crippen molar-refractivity contribution < 1.29 is 28.8 Å². The van der Waals surface area contributed by atoms with Crippen LogP contribution >= 0.6 is 22.4 Å². The van der Waals surface area contributed by atoms with Gasteiger partial charge >= 0.3 is 5.97 Å². The summed E-state index contributed by atoms with van der Waals surface area (Å²) in [7, 11) is -3.20. The minimum Gasteiger partial charge on any atom is -0.489 e. The number of hydrogen-bond acceptors (Lipinski definition) is 7. The summed E-state index contributed by atoms with van der Waals surface area (Å²) in [5, 5.41) is 18.8. The smallest absolute Gasteiger partial charge is 0.336 e. The number of carboxylic acid groups (broad SMARTS) is 1. The predicted octanol–water partition coefficient (Wildman–Crippen LogP) is 6.86. The summed E-state index contributed by atoms with van der Waals surface area (Å²) in [5.74, 6) is -0.762. The van der Waals surface area contributed by atoms with Crippen LogP contribution in [0.5, 0.6) is 5.75 Å². The highest BCUT2D eigenvalue weighted by Gasteiger charge is 2.42. The van der Waals surface area contributed by atoms with Gasteiger partial charge < -0.3 is 19.8 Å². The molecule has 1 aliphatic heterocycles. The number of carboxylic acids is 1. The van der Waals surface area contributed by atoms with E-state index in [4.69, 9.17) is 9.84 Å². The molecule has 200 valence electrons. The Labute approximate surface area is 220 Å². The molecule has 1 atom stereocenters. The maximum Gasteiger partial charge on any atom is 0.336 e. The van der Waals surface area contributed by atoms with Crippen LogP contribution in [0.3, 0.4) is 0 Å². The number of aliphatic hydroxyl groups is 1. The Morgan fingerprint density at radius 1 is 1.14 bits per heavy atom. The van der Waals surface area contributed by atoms with E-state index >= 15 is 0 Å². The average molecular weight is 538 g/mol. The zero-order valence-electron chi connectivity index (χ0n) is 21.4. The van der Waals surface area contributed by atoms with E-state index in [0.717, 1.165) is 54.8 Å². The zero-order chi connectivity index (χ0) is 26.3. The number of carbonyl (C=O) groups is 1.